The Balaban J connectivity index is -0.00000000300. The maximum atomic E-state index is 8.67. The predicted molar refractivity (Wildman–Crippen MR) is 29.4 cm³/mol. The third-order valence-electron chi connectivity index (χ3n) is 0. The SMILES string of the molecule is O=S(O)O.[H-].[H-].[H-].[H-].[Mg+2].[Mg+2]. The van der Waals surface area contributed by atoms with Crippen LogP contribution in [0.1, 0.15) is 5.71 Å². The Morgan fingerprint density at radius 2 is 1.33 bits per heavy atom. The summed E-state index contributed by atoms with van der Waals surface area (Å²) in [6.07, 6.45) is 0. The van der Waals surface area contributed by atoms with E-state index in [9.17, 15) is 0 Å². The van der Waals surface area contributed by atoms with E-state index in [0.29, 0.717) is 0 Å². The summed E-state index contributed by atoms with van der Waals surface area (Å²) in [7, 11) is 0. The third-order valence-corrected chi connectivity index (χ3v) is 0. The standard InChI is InChI=1S/2Mg.H2O3S.4H/c;;1-4(2)3;;;;/h;;(H2,1,2,3);;;;/q2*+2;;4*-1. The van der Waals surface area contributed by atoms with Crippen molar-refractivity contribution in [1.82, 2.24) is 0 Å². The van der Waals surface area contributed by atoms with Gasteiger partial charge in [-0.2, -0.15) is 4.21 Å². The smallest absolute Gasteiger partial charge is 1.00 e. The Labute approximate surface area is 76.2 Å². The zero-order chi connectivity index (χ0) is 3.58. The van der Waals surface area contributed by atoms with Crippen LogP contribution in [-0.2, 0) is 11.4 Å². The second kappa shape index (κ2) is 9.78. The van der Waals surface area contributed by atoms with E-state index in [0.717, 1.165) is 0 Å². The van der Waals surface area contributed by atoms with Gasteiger partial charge in [0.1, 0.15) is 0 Å². The zero-order valence-electron chi connectivity index (χ0n) is 7.13. The van der Waals surface area contributed by atoms with E-state index >= 15 is 0 Å². The van der Waals surface area contributed by atoms with Gasteiger partial charge in [-0.1, -0.05) is 0 Å². The molecule has 0 saturated carbocycles. The molecule has 0 amide bonds. The van der Waals surface area contributed by atoms with Crippen molar-refractivity contribution >= 4 is 57.5 Å². The fourth-order valence-electron chi connectivity index (χ4n) is 0. The molecule has 0 rings (SSSR count). The summed E-state index contributed by atoms with van der Waals surface area (Å²) in [5, 5.41) is 0. The molecule has 6 heavy (non-hydrogen) atoms. The van der Waals surface area contributed by atoms with E-state index in [1.165, 1.54) is 0 Å². The summed E-state index contributed by atoms with van der Waals surface area (Å²) in [5.74, 6) is 0. The molecule has 0 unspecified atom stereocenters. The van der Waals surface area contributed by atoms with Crippen molar-refractivity contribution in [2.45, 2.75) is 0 Å². The second-order valence-electron chi connectivity index (χ2n) is 0.231. The summed E-state index contributed by atoms with van der Waals surface area (Å²) >= 11 is -2.61. The first-order valence-corrected chi connectivity index (χ1v) is 1.60. The molecule has 0 saturated heterocycles. The quantitative estimate of drug-likeness (QED) is 0.343. The van der Waals surface area contributed by atoms with Crippen LogP contribution in [0, 0.1) is 0 Å². The van der Waals surface area contributed by atoms with Crippen molar-refractivity contribution in [3.63, 3.8) is 0 Å². The molecule has 6 heteroatoms. The largest absolute Gasteiger partial charge is 2.00 e. The first-order valence-electron chi connectivity index (χ1n) is 0.532. The molecular weight excluding hydrogens is 129 g/mol. The molecule has 0 aromatic carbocycles. The maximum Gasteiger partial charge on any atom is 2.00 e. The van der Waals surface area contributed by atoms with Gasteiger partial charge in [-0.15, -0.1) is 0 Å². The molecule has 0 heterocycles. The Morgan fingerprint density at radius 1 is 1.33 bits per heavy atom. The van der Waals surface area contributed by atoms with Gasteiger partial charge in [0.25, 0.3) is 11.4 Å². The molecule has 0 spiro atoms. The topological polar surface area (TPSA) is 57.5 Å². The molecule has 0 aliphatic heterocycles. The van der Waals surface area contributed by atoms with Crippen molar-refractivity contribution in [2.24, 2.45) is 0 Å². The number of hydrogen-bond donors (Lipinski definition) is 2. The first kappa shape index (κ1) is 15.6. The van der Waals surface area contributed by atoms with Gasteiger partial charge in [0.05, 0.1) is 0 Å². The number of rotatable bonds is 0. The number of hydrogen-bond acceptors (Lipinski definition) is 1. The Morgan fingerprint density at radius 3 is 1.33 bits per heavy atom. The van der Waals surface area contributed by atoms with Gasteiger partial charge < -0.3 is 5.71 Å². The minimum atomic E-state index is -2.61. The average molecular weight is 135 g/mol. The Kier molecular flexibility index (Phi) is 25.5. The van der Waals surface area contributed by atoms with Gasteiger partial charge in [-0.25, -0.2) is 0 Å². The molecule has 0 atom stereocenters. The monoisotopic (exact) mass is 134 g/mol. The van der Waals surface area contributed by atoms with Crippen molar-refractivity contribution < 1.29 is 19.0 Å². The van der Waals surface area contributed by atoms with Crippen molar-refractivity contribution in [1.29, 1.82) is 0 Å². The molecule has 0 radical (unpaired) electrons. The molecule has 0 aliphatic rings. The molecule has 0 aliphatic carbocycles. The van der Waals surface area contributed by atoms with Gasteiger partial charge in [0, 0.05) is 0 Å². The summed E-state index contributed by atoms with van der Waals surface area (Å²) in [6.45, 7) is 0. The van der Waals surface area contributed by atoms with Crippen LogP contribution in [0.2, 0.25) is 0 Å². The van der Waals surface area contributed by atoms with E-state index in [1.54, 1.807) is 0 Å². The van der Waals surface area contributed by atoms with Gasteiger partial charge in [-0.3, -0.25) is 9.11 Å². The van der Waals surface area contributed by atoms with Crippen LogP contribution in [-0.4, -0.2) is 59.4 Å². The normalized spacial score (nSPS) is 5.83. The predicted octanol–water partition coefficient (Wildman–Crippen LogP) is -0.630. The Bertz CT molecular complexity index is 41.5. The molecule has 0 bridgehead atoms. The average Bonchev–Trinajstić information content (AvgIpc) is 0.811. The van der Waals surface area contributed by atoms with Gasteiger partial charge >= 0.3 is 46.1 Å². The van der Waals surface area contributed by atoms with Crippen LogP contribution in [0.5, 0.6) is 0 Å². The van der Waals surface area contributed by atoms with Crippen LogP contribution >= 0.6 is 0 Å². The van der Waals surface area contributed by atoms with Crippen LogP contribution in [0.15, 0.2) is 0 Å². The van der Waals surface area contributed by atoms with Crippen LogP contribution in [0.25, 0.3) is 0 Å². The van der Waals surface area contributed by atoms with Crippen LogP contribution < -0.4 is 0 Å². The maximum absolute atomic E-state index is 8.67. The minimum absolute atomic E-state index is 0. The first-order chi connectivity index (χ1) is 1.73. The van der Waals surface area contributed by atoms with Gasteiger partial charge in [0.2, 0.25) is 0 Å². The summed E-state index contributed by atoms with van der Waals surface area (Å²) in [4.78, 5) is 0. The molecule has 0 fully saturated rings. The fourth-order valence-corrected chi connectivity index (χ4v) is 0. The molecule has 0 aromatic heterocycles. The molecule has 2 N–H and O–H groups in total. The van der Waals surface area contributed by atoms with E-state index in [4.69, 9.17) is 13.3 Å². The zero-order valence-corrected chi connectivity index (χ0v) is 6.77. The molecule has 0 aromatic rings. The van der Waals surface area contributed by atoms with Gasteiger partial charge in [-0.05, 0) is 0 Å². The summed E-state index contributed by atoms with van der Waals surface area (Å²) in [5.41, 5.74) is 0. The van der Waals surface area contributed by atoms with E-state index < -0.39 is 11.4 Å². The minimum Gasteiger partial charge on any atom is -1.00 e. The van der Waals surface area contributed by atoms with Crippen molar-refractivity contribution in [3.8, 4) is 0 Å². The second-order valence-corrected chi connectivity index (χ2v) is 0.692. The molecular formula is H6Mg2O3S. The summed E-state index contributed by atoms with van der Waals surface area (Å²) in [6, 6.07) is 0. The molecule has 34 valence electrons. The van der Waals surface area contributed by atoms with Crippen LogP contribution in [0.3, 0.4) is 0 Å². The van der Waals surface area contributed by atoms with E-state index in [-0.39, 0.29) is 51.8 Å². The van der Waals surface area contributed by atoms with Crippen molar-refractivity contribution in [2.75, 3.05) is 0 Å². The fraction of sp³-hybridized carbons (Fsp3) is 0. The Hall–Kier alpha value is 1.60. The van der Waals surface area contributed by atoms with Crippen molar-refractivity contribution in [3.05, 3.63) is 0 Å². The van der Waals surface area contributed by atoms with E-state index in [1.807, 2.05) is 0 Å². The summed E-state index contributed by atoms with van der Waals surface area (Å²) < 4.78 is 22.8. The van der Waals surface area contributed by atoms with Crippen LogP contribution in [0.4, 0.5) is 0 Å². The third kappa shape index (κ3) is 46.2. The van der Waals surface area contributed by atoms with E-state index in [2.05, 4.69) is 0 Å². The molecule has 3 nitrogen and oxygen atoms in total. The van der Waals surface area contributed by atoms with Gasteiger partial charge in [0.15, 0.2) is 0 Å².